The van der Waals surface area contributed by atoms with Crippen molar-refractivity contribution in [2.24, 2.45) is 4.99 Å². The molecule has 1 saturated heterocycles. The maximum atomic E-state index is 13.1. The molecule has 0 aliphatic carbocycles. The average Bonchev–Trinajstić information content (AvgIpc) is 2.70. The molecule has 1 N–H and O–H groups in total. The number of guanidine groups is 1. The number of nitrogens with one attached hydrogen (secondary N) is 1. The van der Waals surface area contributed by atoms with Crippen LogP contribution in [0.4, 0.5) is 10.1 Å². The van der Waals surface area contributed by atoms with Crippen molar-refractivity contribution in [2.45, 2.75) is 13.1 Å². The molecule has 2 aromatic carbocycles. The zero-order valence-electron chi connectivity index (χ0n) is 17.0. The van der Waals surface area contributed by atoms with Crippen LogP contribution in [-0.4, -0.2) is 63.1 Å². The molecule has 0 spiro atoms. The summed E-state index contributed by atoms with van der Waals surface area (Å²) in [6, 6.07) is 15.3. The number of aliphatic imine (C=N–C) groups is 1. The number of hydrogen-bond donors (Lipinski definition) is 1. The Bertz CT molecular complexity index is 780. The Morgan fingerprint density at radius 2 is 1.64 bits per heavy atom. The molecule has 1 heterocycles. The van der Waals surface area contributed by atoms with Crippen LogP contribution >= 0.6 is 0 Å². The molecule has 1 fully saturated rings. The lowest BCUT2D eigenvalue weighted by Gasteiger charge is -2.37. The van der Waals surface area contributed by atoms with Crippen LogP contribution in [0, 0.1) is 5.82 Å². The van der Waals surface area contributed by atoms with Crippen molar-refractivity contribution in [1.82, 2.24) is 15.1 Å². The van der Waals surface area contributed by atoms with Gasteiger partial charge < -0.3 is 20.0 Å². The monoisotopic (exact) mass is 383 g/mol. The van der Waals surface area contributed by atoms with E-state index < -0.39 is 0 Å². The third-order valence-electron chi connectivity index (χ3n) is 5.02. The highest BCUT2D eigenvalue weighted by Crippen LogP contribution is 2.17. The first-order valence-electron chi connectivity index (χ1n) is 9.74. The van der Waals surface area contributed by atoms with Crippen LogP contribution in [-0.2, 0) is 13.1 Å². The molecule has 1 aliphatic rings. The molecule has 150 valence electrons. The van der Waals surface area contributed by atoms with Crippen LogP contribution in [0.15, 0.2) is 53.5 Å². The van der Waals surface area contributed by atoms with E-state index in [0.717, 1.165) is 50.9 Å². The second-order valence-electron chi connectivity index (χ2n) is 7.36. The molecule has 1 aliphatic heterocycles. The van der Waals surface area contributed by atoms with Gasteiger partial charge in [0.2, 0.25) is 0 Å². The van der Waals surface area contributed by atoms with E-state index in [1.807, 2.05) is 19.2 Å². The minimum Gasteiger partial charge on any atom is -0.368 e. The molecule has 0 atom stereocenters. The molecular formula is C22H30FN5. The number of nitrogens with zero attached hydrogens (tertiary/aromatic N) is 4. The van der Waals surface area contributed by atoms with Gasteiger partial charge in [-0.3, -0.25) is 4.99 Å². The summed E-state index contributed by atoms with van der Waals surface area (Å²) in [5.41, 5.74) is 3.69. The number of hydrogen-bond acceptors (Lipinski definition) is 3. The van der Waals surface area contributed by atoms with Crippen molar-refractivity contribution in [3.8, 4) is 0 Å². The first kappa shape index (κ1) is 20.1. The van der Waals surface area contributed by atoms with E-state index in [4.69, 9.17) is 0 Å². The molecule has 5 nitrogen and oxygen atoms in total. The van der Waals surface area contributed by atoms with Crippen LogP contribution in [0.1, 0.15) is 11.1 Å². The van der Waals surface area contributed by atoms with Crippen molar-refractivity contribution in [2.75, 3.05) is 52.2 Å². The number of rotatable bonds is 5. The van der Waals surface area contributed by atoms with E-state index in [9.17, 15) is 4.39 Å². The second kappa shape index (κ2) is 9.55. The lowest BCUT2D eigenvalue weighted by atomic mass is 10.1. The van der Waals surface area contributed by atoms with E-state index in [0.29, 0.717) is 0 Å². The predicted octanol–water partition coefficient (Wildman–Crippen LogP) is 2.78. The third kappa shape index (κ3) is 5.23. The van der Waals surface area contributed by atoms with Gasteiger partial charge in [0.25, 0.3) is 0 Å². The molecule has 0 radical (unpaired) electrons. The standard InChI is InChI=1S/C22H30FN5/c1-24-22(25-16-18-6-4-5-7-19(18)17-26(2)3)28-14-12-27(13-15-28)21-10-8-20(23)9-11-21/h4-11H,12-17H2,1-3H3,(H,24,25). The van der Waals surface area contributed by atoms with E-state index in [1.165, 1.54) is 23.3 Å². The molecule has 28 heavy (non-hydrogen) atoms. The van der Waals surface area contributed by atoms with Crippen molar-refractivity contribution < 1.29 is 4.39 Å². The summed E-state index contributed by atoms with van der Waals surface area (Å²) in [4.78, 5) is 11.2. The third-order valence-corrected chi connectivity index (χ3v) is 5.02. The quantitative estimate of drug-likeness (QED) is 0.636. The Morgan fingerprint density at radius 3 is 2.25 bits per heavy atom. The van der Waals surface area contributed by atoms with Gasteiger partial charge in [-0.25, -0.2) is 4.39 Å². The van der Waals surface area contributed by atoms with E-state index in [2.05, 4.69) is 63.4 Å². The van der Waals surface area contributed by atoms with E-state index in [-0.39, 0.29) is 5.82 Å². The zero-order chi connectivity index (χ0) is 19.9. The highest BCUT2D eigenvalue weighted by molar-refractivity contribution is 5.80. The van der Waals surface area contributed by atoms with Crippen molar-refractivity contribution in [3.63, 3.8) is 0 Å². The van der Waals surface area contributed by atoms with Gasteiger partial charge in [0.15, 0.2) is 5.96 Å². The fraction of sp³-hybridized carbons (Fsp3) is 0.409. The molecule has 0 unspecified atom stereocenters. The van der Waals surface area contributed by atoms with Gasteiger partial charge in [-0.2, -0.15) is 0 Å². The lowest BCUT2D eigenvalue weighted by molar-refractivity contribution is 0.372. The van der Waals surface area contributed by atoms with E-state index >= 15 is 0 Å². The molecule has 0 bridgehead atoms. The maximum absolute atomic E-state index is 13.1. The molecule has 0 amide bonds. The maximum Gasteiger partial charge on any atom is 0.194 e. The van der Waals surface area contributed by atoms with Gasteiger partial charge >= 0.3 is 0 Å². The Kier molecular flexibility index (Phi) is 6.87. The van der Waals surface area contributed by atoms with E-state index in [1.54, 1.807) is 0 Å². The van der Waals surface area contributed by atoms with Crippen LogP contribution in [0.25, 0.3) is 0 Å². The molecule has 0 saturated carbocycles. The first-order chi connectivity index (χ1) is 13.6. The number of halogens is 1. The Labute approximate surface area is 167 Å². The minimum atomic E-state index is -0.193. The number of anilines is 1. The Balaban J connectivity index is 1.56. The van der Waals surface area contributed by atoms with Gasteiger partial charge in [-0.05, 0) is 49.5 Å². The van der Waals surface area contributed by atoms with Gasteiger partial charge in [0, 0.05) is 52.0 Å². The lowest BCUT2D eigenvalue weighted by Crippen LogP contribution is -2.52. The van der Waals surface area contributed by atoms with Crippen LogP contribution in [0.3, 0.4) is 0 Å². The molecule has 0 aromatic heterocycles. The van der Waals surface area contributed by atoms with Gasteiger partial charge in [-0.15, -0.1) is 0 Å². The van der Waals surface area contributed by atoms with Crippen molar-refractivity contribution >= 4 is 11.6 Å². The SMILES string of the molecule is CN=C(NCc1ccccc1CN(C)C)N1CCN(c2ccc(F)cc2)CC1. The summed E-state index contributed by atoms with van der Waals surface area (Å²) < 4.78 is 13.1. The first-order valence-corrected chi connectivity index (χ1v) is 9.74. The van der Waals surface area contributed by atoms with Crippen LogP contribution in [0.2, 0.25) is 0 Å². The fourth-order valence-corrected chi connectivity index (χ4v) is 3.56. The molecular weight excluding hydrogens is 353 g/mol. The topological polar surface area (TPSA) is 34.1 Å². The largest absolute Gasteiger partial charge is 0.368 e. The summed E-state index contributed by atoms with van der Waals surface area (Å²) in [5, 5.41) is 3.52. The van der Waals surface area contributed by atoms with Gasteiger partial charge in [-0.1, -0.05) is 24.3 Å². The Hall–Kier alpha value is -2.60. The average molecular weight is 384 g/mol. The van der Waals surface area contributed by atoms with Crippen LogP contribution < -0.4 is 10.2 Å². The summed E-state index contributed by atoms with van der Waals surface area (Å²) in [6.07, 6.45) is 0. The normalized spacial score (nSPS) is 15.2. The second-order valence-corrected chi connectivity index (χ2v) is 7.36. The summed E-state index contributed by atoms with van der Waals surface area (Å²) in [5.74, 6) is 0.736. The van der Waals surface area contributed by atoms with Crippen LogP contribution in [0.5, 0.6) is 0 Å². The smallest absolute Gasteiger partial charge is 0.194 e. The highest BCUT2D eigenvalue weighted by Gasteiger charge is 2.20. The summed E-state index contributed by atoms with van der Waals surface area (Å²) >= 11 is 0. The predicted molar refractivity (Wildman–Crippen MR) is 114 cm³/mol. The molecule has 3 rings (SSSR count). The molecule has 6 heteroatoms. The highest BCUT2D eigenvalue weighted by atomic mass is 19.1. The number of benzene rings is 2. The zero-order valence-corrected chi connectivity index (χ0v) is 17.0. The van der Waals surface area contributed by atoms with Crippen molar-refractivity contribution in [3.05, 3.63) is 65.5 Å². The molecule has 2 aromatic rings. The Morgan fingerprint density at radius 1 is 1.00 bits per heavy atom. The summed E-state index contributed by atoms with van der Waals surface area (Å²) in [7, 11) is 6.01. The fourth-order valence-electron chi connectivity index (χ4n) is 3.56. The number of piperazine rings is 1. The van der Waals surface area contributed by atoms with Gasteiger partial charge in [0.1, 0.15) is 5.82 Å². The van der Waals surface area contributed by atoms with Crippen molar-refractivity contribution in [1.29, 1.82) is 0 Å². The minimum absolute atomic E-state index is 0.193. The summed E-state index contributed by atoms with van der Waals surface area (Å²) in [6.45, 7) is 5.24. The van der Waals surface area contributed by atoms with Gasteiger partial charge in [0.05, 0.1) is 0 Å².